The lowest BCUT2D eigenvalue weighted by atomic mass is 10.0. The van der Waals surface area contributed by atoms with Crippen molar-refractivity contribution in [2.24, 2.45) is 5.92 Å². The molecule has 1 N–H and O–H groups in total. The van der Waals surface area contributed by atoms with Crippen LogP contribution in [0.15, 0.2) is 18.5 Å². The van der Waals surface area contributed by atoms with E-state index in [4.69, 9.17) is 11.6 Å². The van der Waals surface area contributed by atoms with Crippen molar-refractivity contribution in [2.75, 3.05) is 5.88 Å². The van der Waals surface area contributed by atoms with Gasteiger partial charge < -0.3 is 5.32 Å². The van der Waals surface area contributed by atoms with Crippen LogP contribution in [0.4, 0.5) is 0 Å². The highest BCUT2D eigenvalue weighted by atomic mass is 35.5. The lowest BCUT2D eigenvalue weighted by Crippen LogP contribution is -2.31. The predicted octanol–water partition coefficient (Wildman–Crippen LogP) is 3.13. The first kappa shape index (κ1) is 13.5. The quantitative estimate of drug-likeness (QED) is 0.773. The number of hydrogen-bond donors (Lipinski definition) is 1. The van der Waals surface area contributed by atoms with E-state index in [1.54, 1.807) is 0 Å². The molecule has 0 aromatic carbocycles. The van der Waals surface area contributed by atoms with Crippen molar-refractivity contribution in [3.63, 3.8) is 0 Å². The Morgan fingerprint density at radius 1 is 1.38 bits per heavy atom. The van der Waals surface area contributed by atoms with Crippen molar-refractivity contribution in [3.8, 4) is 0 Å². The highest BCUT2D eigenvalue weighted by Gasteiger charge is 2.08. The van der Waals surface area contributed by atoms with E-state index in [1.165, 1.54) is 11.1 Å². The molecular weight excluding hydrogens is 220 g/mol. The number of pyridine rings is 1. The van der Waals surface area contributed by atoms with Crippen molar-refractivity contribution in [2.45, 2.75) is 39.8 Å². The Bertz CT molecular complexity index is 313. The van der Waals surface area contributed by atoms with Gasteiger partial charge in [0, 0.05) is 30.9 Å². The lowest BCUT2D eigenvalue weighted by molar-refractivity contribution is 0.444. The Hall–Kier alpha value is -0.600. The minimum absolute atomic E-state index is 0.391. The summed E-state index contributed by atoms with van der Waals surface area (Å²) in [5.41, 5.74) is 2.42. The fourth-order valence-corrected chi connectivity index (χ4v) is 1.98. The number of nitrogens with one attached hydrogen (secondary N) is 1. The van der Waals surface area contributed by atoms with E-state index < -0.39 is 0 Å². The van der Waals surface area contributed by atoms with E-state index in [1.807, 2.05) is 12.4 Å². The topological polar surface area (TPSA) is 24.9 Å². The van der Waals surface area contributed by atoms with Crippen molar-refractivity contribution < 1.29 is 0 Å². The zero-order valence-corrected chi connectivity index (χ0v) is 11.1. The average Bonchev–Trinajstić information content (AvgIpc) is 2.24. The van der Waals surface area contributed by atoms with Gasteiger partial charge in [0.25, 0.3) is 0 Å². The first-order valence-electron chi connectivity index (χ1n) is 5.81. The standard InChI is InChI=1S/C13H21ClN2/c1-10(2)4-13(6-14)16-9-12-5-11(3)7-15-8-12/h5,7-8,10,13,16H,4,6,9H2,1-3H3. The molecule has 1 rings (SSSR count). The van der Waals surface area contributed by atoms with Crippen LogP contribution in [0.3, 0.4) is 0 Å². The maximum absolute atomic E-state index is 5.93. The smallest absolute Gasteiger partial charge is 0.0377 e. The maximum Gasteiger partial charge on any atom is 0.0377 e. The van der Waals surface area contributed by atoms with Crippen LogP contribution in [0, 0.1) is 12.8 Å². The molecule has 3 heteroatoms. The number of rotatable bonds is 6. The summed E-state index contributed by atoms with van der Waals surface area (Å²) in [4.78, 5) is 4.18. The van der Waals surface area contributed by atoms with Gasteiger partial charge in [-0.3, -0.25) is 4.98 Å². The largest absolute Gasteiger partial charge is 0.309 e. The summed E-state index contributed by atoms with van der Waals surface area (Å²) >= 11 is 5.93. The monoisotopic (exact) mass is 240 g/mol. The summed E-state index contributed by atoms with van der Waals surface area (Å²) < 4.78 is 0. The van der Waals surface area contributed by atoms with Gasteiger partial charge in [-0.2, -0.15) is 0 Å². The second-order valence-corrected chi connectivity index (χ2v) is 5.04. The van der Waals surface area contributed by atoms with Crippen LogP contribution in [0.25, 0.3) is 0 Å². The first-order chi connectivity index (χ1) is 7.61. The van der Waals surface area contributed by atoms with Gasteiger partial charge in [-0.25, -0.2) is 0 Å². The van der Waals surface area contributed by atoms with Gasteiger partial charge in [0.1, 0.15) is 0 Å². The van der Waals surface area contributed by atoms with Crippen LogP contribution < -0.4 is 5.32 Å². The van der Waals surface area contributed by atoms with Crippen LogP contribution in [-0.4, -0.2) is 16.9 Å². The SMILES string of the molecule is Cc1cncc(CNC(CCl)CC(C)C)c1. The van der Waals surface area contributed by atoms with E-state index in [-0.39, 0.29) is 0 Å². The fourth-order valence-electron chi connectivity index (χ4n) is 1.75. The molecule has 1 aromatic rings. The van der Waals surface area contributed by atoms with Crippen LogP contribution in [0.2, 0.25) is 0 Å². The first-order valence-corrected chi connectivity index (χ1v) is 6.35. The number of nitrogens with zero attached hydrogens (tertiary/aromatic N) is 1. The molecule has 0 saturated heterocycles. The molecule has 1 atom stereocenters. The third-order valence-electron chi connectivity index (χ3n) is 2.47. The van der Waals surface area contributed by atoms with Gasteiger partial charge in [-0.05, 0) is 30.4 Å². The van der Waals surface area contributed by atoms with Gasteiger partial charge in [0.2, 0.25) is 0 Å². The summed E-state index contributed by atoms with van der Waals surface area (Å²) in [6.45, 7) is 7.34. The molecule has 0 bridgehead atoms. The molecule has 16 heavy (non-hydrogen) atoms. The highest BCUT2D eigenvalue weighted by Crippen LogP contribution is 2.08. The molecule has 2 nitrogen and oxygen atoms in total. The zero-order chi connectivity index (χ0) is 12.0. The zero-order valence-electron chi connectivity index (χ0n) is 10.3. The Labute approximate surface area is 103 Å². The molecular formula is C13H21ClN2. The summed E-state index contributed by atoms with van der Waals surface area (Å²) in [6.07, 6.45) is 4.89. The van der Waals surface area contributed by atoms with Crippen LogP contribution in [0.1, 0.15) is 31.4 Å². The minimum atomic E-state index is 0.391. The maximum atomic E-state index is 5.93. The average molecular weight is 241 g/mol. The van der Waals surface area contributed by atoms with Gasteiger partial charge in [-0.1, -0.05) is 19.9 Å². The molecule has 0 spiro atoms. The number of halogens is 1. The molecule has 0 saturated carbocycles. The predicted molar refractivity (Wildman–Crippen MR) is 69.8 cm³/mol. The highest BCUT2D eigenvalue weighted by molar-refractivity contribution is 6.18. The molecule has 0 amide bonds. The fraction of sp³-hybridized carbons (Fsp3) is 0.615. The second-order valence-electron chi connectivity index (χ2n) is 4.73. The van der Waals surface area contributed by atoms with Gasteiger partial charge in [0.15, 0.2) is 0 Å². The summed E-state index contributed by atoms with van der Waals surface area (Å²) in [5.74, 6) is 1.34. The molecule has 0 aliphatic rings. The van der Waals surface area contributed by atoms with Crippen LogP contribution in [0.5, 0.6) is 0 Å². The minimum Gasteiger partial charge on any atom is -0.309 e. The summed E-state index contributed by atoms with van der Waals surface area (Å²) in [7, 11) is 0. The van der Waals surface area contributed by atoms with E-state index in [2.05, 4.69) is 37.1 Å². The Balaban J connectivity index is 2.43. The third-order valence-corrected chi connectivity index (χ3v) is 2.84. The number of aromatic nitrogens is 1. The van der Waals surface area contributed by atoms with Crippen molar-refractivity contribution in [1.29, 1.82) is 0 Å². The molecule has 0 fully saturated rings. The van der Waals surface area contributed by atoms with Gasteiger partial charge in [-0.15, -0.1) is 11.6 Å². The molecule has 0 aliphatic heterocycles. The summed E-state index contributed by atoms with van der Waals surface area (Å²) in [6, 6.07) is 2.54. The molecule has 1 aromatic heterocycles. The molecule has 0 aliphatic carbocycles. The van der Waals surface area contributed by atoms with Gasteiger partial charge >= 0.3 is 0 Å². The van der Waals surface area contributed by atoms with Crippen LogP contribution >= 0.6 is 11.6 Å². The number of alkyl halides is 1. The molecule has 1 heterocycles. The van der Waals surface area contributed by atoms with E-state index in [0.29, 0.717) is 17.8 Å². The molecule has 0 radical (unpaired) electrons. The van der Waals surface area contributed by atoms with Gasteiger partial charge in [0.05, 0.1) is 0 Å². The Kier molecular flexibility index (Phi) is 5.78. The second kappa shape index (κ2) is 6.87. The molecule has 90 valence electrons. The molecule has 1 unspecified atom stereocenters. The summed E-state index contributed by atoms with van der Waals surface area (Å²) in [5, 5.41) is 3.47. The van der Waals surface area contributed by atoms with E-state index >= 15 is 0 Å². The van der Waals surface area contributed by atoms with E-state index in [0.717, 1.165) is 13.0 Å². The van der Waals surface area contributed by atoms with Crippen LogP contribution in [-0.2, 0) is 6.54 Å². The van der Waals surface area contributed by atoms with Crippen molar-refractivity contribution in [1.82, 2.24) is 10.3 Å². The number of aryl methyl sites for hydroxylation is 1. The van der Waals surface area contributed by atoms with Crippen molar-refractivity contribution >= 4 is 11.6 Å². The normalized spacial score (nSPS) is 13.1. The number of hydrogen-bond acceptors (Lipinski definition) is 2. The lowest BCUT2D eigenvalue weighted by Gasteiger charge is -2.18. The van der Waals surface area contributed by atoms with Crippen molar-refractivity contribution in [3.05, 3.63) is 29.6 Å². The third kappa shape index (κ3) is 4.95. The van der Waals surface area contributed by atoms with E-state index in [9.17, 15) is 0 Å². The Morgan fingerprint density at radius 2 is 2.12 bits per heavy atom. The Morgan fingerprint density at radius 3 is 2.69 bits per heavy atom.